The van der Waals surface area contributed by atoms with Gasteiger partial charge in [0, 0.05) is 13.0 Å². The molecule has 0 aliphatic carbocycles. The molecule has 0 radical (unpaired) electrons. The van der Waals surface area contributed by atoms with E-state index in [0.29, 0.717) is 13.0 Å². The summed E-state index contributed by atoms with van der Waals surface area (Å²) in [6, 6.07) is 0. The number of esters is 1. The first-order valence-corrected chi connectivity index (χ1v) is 23.3. The van der Waals surface area contributed by atoms with E-state index in [9.17, 15) is 25.2 Å². The van der Waals surface area contributed by atoms with Gasteiger partial charge >= 0.3 is 5.97 Å². The minimum absolute atomic E-state index is 0.108. The number of rotatable bonds is 40. The van der Waals surface area contributed by atoms with Crippen molar-refractivity contribution in [3.05, 3.63) is 12.2 Å². The zero-order valence-corrected chi connectivity index (χ0v) is 35.7. The van der Waals surface area contributed by atoms with Gasteiger partial charge in [-0.2, -0.15) is 0 Å². The zero-order chi connectivity index (χ0) is 40.0. The van der Waals surface area contributed by atoms with E-state index in [4.69, 9.17) is 18.9 Å². The predicted octanol–water partition coefficient (Wildman–Crippen LogP) is 10.4. The highest BCUT2D eigenvalue weighted by Crippen LogP contribution is 2.23. The highest BCUT2D eigenvalue weighted by atomic mass is 16.7. The number of ether oxygens (including phenoxy) is 4. The third-order valence-corrected chi connectivity index (χ3v) is 10.9. The molecule has 1 aliphatic heterocycles. The molecule has 1 heterocycles. The first-order valence-electron chi connectivity index (χ1n) is 23.3. The van der Waals surface area contributed by atoms with Crippen LogP contribution in [0.15, 0.2) is 12.2 Å². The number of hydrogen-bond acceptors (Lipinski definition) is 9. The molecule has 326 valence electrons. The van der Waals surface area contributed by atoms with Crippen LogP contribution >= 0.6 is 0 Å². The average Bonchev–Trinajstić information content (AvgIpc) is 3.18. The largest absolute Gasteiger partial charge is 0.457 e. The molecule has 0 spiro atoms. The summed E-state index contributed by atoms with van der Waals surface area (Å²) in [6.07, 6.45) is 35.5. The van der Waals surface area contributed by atoms with Crippen molar-refractivity contribution in [2.45, 2.75) is 250 Å². The molecular formula is C46H88O9. The monoisotopic (exact) mass is 785 g/mol. The van der Waals surface area contributed by atoms with E-state index in [1.807, 2.05) is 0 Å². The van der Waals surface area contributed by atoms with Gasteiger partial charge in [0.2, 0.25) is 0 Å². The number of carbonyl (C=O) groups is 1. The van der Waals surface area contributed by atoms with E-state index in [-0.39, 0.29) is 19.2 Å². The number of aliphatic hydroxyl groups excluding tert-OH is 4. The molecule has 4 N–H and O–H groups in total. The Morgan fingerprint density at radius 3 is 1.47 bits per heavy atom. The summed E-state index contributed by atoms with van der Waals surface area (Å²) in [5.41, 5.74) is 0. The van der Waals surface area contributed by atoms with Crippen LogP contribution in [0.25, 0.3) is 0 Å². The van der Waals surface area contributed by atoms with Crippen LogP contribution in [0.5, 0.6) is 0 Å². The lowest BCUT2D eigenvalue weighted by Gasteiger charge is -2.39. The van der Waals surface area contributed by atoms with Crippen LogP contribution in [-0.4, -0.2) is 89.6 Å². The highest BCUT2D eigenvalue weighted by molar-refractivity contribution is 5.69. The molecule has 6 atom stereocenters. The standard InChI is InChI=1S/C46H88O9/c1-3-5-7-9-11-13-14-15-16-17-18-19-20-21-22-23-24-25-26-27-28-30-32-34-36-52-38-40(54-42(48)35-33-31-29-12-10-8-6-4-2)39-53-46-45(51)44(50)43(49)41(37-47)55-46/h17-18,40-41,43-47,49-51H,3-16,19-39H2,1-2H3/b18-17-. The Morgan fingerprint density at radius 2 is 1.00 bits per heavy atom. The molecule has 1 aliphatic rings. The fourth-order valence-corrected chi connectivity index (χ4v) is 7.25. The lowest BCUT2D eigenvalue weighted by atomic mass is 9.99. The molecular weight excluding hydrogens is 696 g/mol. The van der Waals surface area contributed by atoms with E-state index < -0.39 is 43.4 Å². The van der Waals surface area contributed by atoms with Crippen LogP contribution in [0.4, 0.5) is 0 Å². The summed E-state index contributed by atoms with van der Waals surface area (Å²) in [5.74, 6) is -0.316. The Hall–Kier alpha value is -1.07. The molecule has 1 rings (SSSR count). The summed E-state index contributed by atoms with van der Waals surface area (Å²) in [7, 11) is 0. The van der Waals surface area contributed by atoms with Crippen LogP contribution in [-0.2, 0) is 23.7 Å². The van der Waals surface area contributed by atoms with Crippen molar-refractivity contribution < 1.29 is 44.2 Å². The molecule has 6 unspecified atom stereocenters. The Bertz CT molecular complexity index is 853. The molecule has 0 aromatic heterocycles. The van der Waals surface area contributed by atoms with Gasteiger partial charge in [-0.1, -0.05) is 180 Å². The van der Waals surface area contributed by atoms with Crippen LogP contribution in [0.3, 0.4) is 0 Å². The molecule has 0 amide bonds. The van der Waals surface area contributed by atoms with Crippen LogP contribution in [0.2, 0.25) is 0 Å². The van der Waals surface area contributed by atoms with Crippen molar-refractivity contribution in [1.82, 2.24) is 0 Å². The molecule has 9 heteroatoms. The second-order valence-electron chi connectivity index (χ2n) is 16.2. The van der Waals surface area contributed by atoms with Crippen molar-refractivity contribution in [3.8, 4) is 0 Å². The third kappa shape index (κ3) is 29.8. The van der Waals surface area contributed by atoms with E-state index in [0.717, 1.165) is 32.1 Å². The fourth-order valence-electron chi connectivity index (χ4n) is 7.25. The van der Waals surface area contributed by atoms with Crippen molar-refractivity contribution in [2.24, 2.45) is 0 Å². The van der Waals surface area contributed by atoms with Crippen LogP contribution in [0, 0.1) is 0 Å². The topological polar surface area (TPSA) is 135 Å². The van der Waals surface area contributed by atoms with Crippen LogP contribution in [0.1, 0.15) is 213 Å². The number of unbranched alkanes of at least 4 members (excludes halogenated alkanes) is 27. The second kappa shape index (κ2) is 38.4. The second-order valence-corrected chi connectivity index (χ2v) is 16.2. The van der Waals surface area contributed by atoms with Gasteiger partial charge in [0.1, 0.15) is 30.5 Å². The molecule has 9 nitrogen and oxygen atoms in total. The Balaban J connectivity index is 2.12. The SMILES string of the molecule is CCCCCCCCCC/C=C\CCCCCCCCCCCCCCOCC(COC1OC(CO)C(O)C(O)C1O)OC(=O)CCCCCCCCCC. The van der Waals surface area contributed by atoms with Gasteiger partial charge in [-0.05, 0) is 38.5 Å². The maximum absolute atomic E-state index is 12.7. The van der Waals surface area contributed by atoms with Crippen molar-refractivity contribution >= 4 is 5.97 Å². The molecule has 0 aromatic rings. The normalized spacial score (nSPS) is 20.7. The van der Waals surface area contributed by atoms with Gasteiger partial charge in [0.05, 0.1) is 19.8 Å². The molecule has 55 heavy (non-hydrogen) atoms. The summed E-state index contributed by atoms with van der Waals surface area (Å²) in [4.78, 5) is 12.7. The quantitative estimate of drug-likeness (QED) is 0.0272. The zero-order valence-electron chi connectivity index (χ0n) is 35.7. The van der Waals surface area contributed by atoms with Gasteiger partial charge in [-0.25, -0.2) is 0 Å². The maximum Gasteiger partial charge on any atom is 0.306 e. The van der Waals surface area contributed by atoms with Crippen molar-refractivity contribution in [2.75, 3.05) is 26.4 Å². The number of carbonyl (C=O) groups excluding carboxylic acids is 1. The summed E-state index contributed by atoms with van der Waals surface area (Å²) >= 11 is 0. The molecule has 0 aromatic carbocycles. The highest BCUT2D eigenvalue weighted by Gasteiger charge is 2.44. The number of hydrogen-bond donors (Lipinski definition) is 4. The molecule has 0 bridgehead atoms. The van der Waals surface area contributed by atoms with Crippen LogP contribution < -0.4 is 0 Å². The number of allylic oxidation sites excluding steroid dienone is 2. The van der Waals surface area contributed by atoms with E-state index >= 15 is 0 Å². The summed E-state index contributed by atoms with van der Waals surface area (Å²) in [5, 5.41) is 40.0. The summed E-state index contributed by atoms with van der Waals surface area (Å²) in [6.45, 7) is 4.55. The lowest BCUT2D eigenvalue weighted by Crippen LogP contribution is -2.59. The Labute approximate surface area is 337 Å². The average molecular weight is 785 g/mol. The van der Waals surface area contributed by atoms with E-state index in [1.54, 1.807) is 0 Å². The fraction of sp³-hybridized carbons (Fsp3) is 0.935. The third-order valence-electron chi connectivity index (χ3n) is 10.9. The summed E-state index contributed by atoms with van der Waals surface area (Å²) < 4.78 is 22.7. The first-order chi connectivity index (χ1) is 26.9. The molecule has 1 saturated heterocycles. The van der Waals surface area contributed by atoms with Gasteiger partial charge in [-0.15, -0.1) is 0 Å². The Morgan fingerprint density at radius 1 is 0.564 bits per heavy atom. The lowest BCUT2D eigenvalue weighted by molar-refractivity contribution is -0.305. The first kappa shape index (κ1) is 51.9. The predicted molar refractivity (Wildman–Crippen MR) is 224 cm³/mol. The van der Waals surface area contributed by atoms with Crippen molar-refractivity contribution in [3.63, 3.8) is 0 Å². The van der Waals surface area contributed by atoms with Crippen molar-refractivity contribution in [1.29, 1.82) is 0 Å². The maximum atomic E-state index is 12.7. The van der Waals surface area contributed by atoms with E-state index in [2.05, 4.69) is 26.0 Å². The van der Waals surface area contributed by atoms with Gasteiger partial charge in [-0.3, -0.25) is 4.79 Å². The van der Waals surface area contributed by atoms with Gasteiger partial charge in [0.15, 0.2) is 6.29 Å². The van der Waals surface area contributed by atoms with Gasteiger partial charge < -0.3 is 39.4 Å². The van der Waals surface area contributed by atoms with Gasteiger partial charge in [0.25, 0.3) is 0 Å². The smallest absolute Gasteiger partial charge is 0.306 e. The number of aliphatic hydroxyl groups is 4. The Kier molecular flexibility index (Phi) is 36.3. The molecule has 1 fully saturated rings. The minimum Gasteiger partial charge on any atom is -0.457 e. The minimum atomic E-state index is -1.53. The van der Waals surface area contributed by atoms with E-state index in [1.165, 1.54) is 161 Å². The molecule has 0 saturated carbocycles.